The van der Waals surface area contributed by atoms with Crippen molar-refractivity contribution in [3.8, 4) is 0 Å². The third-order valence-electron chi connectivity index (χ3n) is 2.92. The van der Waals surface area contributed by atoms with Crippen molar-refractivity contribution in [2.24, 2.45) is 0 Å². The minimum atomic E-state index is 0.544. The Labute approximate surface area is 98.8 Å². The molecule has 0 aliphatic carbocycles. The highest BCUT2D eigenvalue weighted by Gasteiger charge is 2.10. The summed E-state index contributed by atoms with van der Waals surface area (Å²) in [5.41, 5.74) is 1.27. The van der Waals surface area contributed by atoms with Gasteiger partial charge in [-0.3, -0.25) is 4.90 Å². The van der Waals surface area contributed by atoms with Gasteiger partial charge < -0.3 is 9.73 Å². The first-order valence-electron chi connectivity index (χ1n) is 6.03. The van der Waals surface area contributed by atoms with Gasteiger partial charge in [-0.15, -0.1) is 0 Å². The van der Waals surface area contributed by atoms with E-state index in [1.165, 1.54) is 5.56 Å². The van der Waals surface area contributed by atoms with Gasteiger partial charge in [0.1, 0.15) is 11.5 Å². The molecule has 92 valence electrons. The van der Waals surface area contributed by atoms with Gasteiger partial charge in [-0.1, -0.05) is 6.92 Å². The summed E-state index contributed by atoms with van der Waals surface area (Å²) in [6, 6.07) is 2.71. The van der Waals surface area contributed by atoms with Gasteiger partial charge in [0.25, 0.3) is 0 Å². The van der Waals surface area contributed by atoms with Crippen molar-refractivity contribution >= 4 is 0 Å². The van der Waals surface area contributed by atoms with Gasteiger partial charge in [0.15, 0.2) is 0 Å². The van der Waals surface area contributed by atoms with Gasteiger partial charge in [-0.25, -0.2) is 0 Å². The molecule has 0 radical (unpaired) electrons. The number of hydrogen-bond acceptors (Lipinski definition) is 3. The third kappa shape index (κ3) is 3.65. The minimum absolute atomic E-state index is 0.544. The monoisotopic (exact) mass is 224 g/mol. The summed E-state index contributed by atoms with van der Waals surface area (Å²) < 4.78 is 5.75. The lowest BCUT2D eigenvalue weighted by Gasteiger charge is -2.19. The van der Waals surface area contributed by atoms with Crippen LogP contribution < -0.4 is 5.32 Å². The van der Waals surface area contributed by atoms with Crippen LogP contribution in [0.3, 0.4) is 0 Å². The predicted molar refractivity (Wildman–Crippen MR) is 67.4 cm³/mol. The maximum Gasteiger partial charge on any atom is 0.118 e. The first-order valence-corrected chi connectivity index (χ1v) is 6.03. The van der Waals surface area contributed by atoms with Crippen LogP contribution in [0.1, 0.15) is 37.9 Å². The van der Waals surface area contributed by atoms with E-state index in [0.717, 1.165) is 31.2 Å². The molecule has 0 aliphatic rings. The molecule has 0 aromatic carbocycles. The van der Waals surface area contributed by atoms with Crippen molar-refractivity contribution in [3.63, 3.8) is 0 Å². The lowest BCUT2D eigenvalue weighted by Crippen LogP contribution is -2.25. The minimum Gasteiger partial charge on any atom is -0.465 e. The van der Waals surface area contributed by atoms with Crippen LogP contribution in [0, 0.1) is 6.92 Å². The highest BCUT2D eigenvalue weighted by atomic mass is 16.3. The molecule has 1 N–H and O–H groups in total. The zero-order valence-corrected chi connectivity index (χ0v) is 11.1. The molecular formula is C13H24N2O. The highest BCUT2D eigenvalue weighted by molar-refractivity contribution is 5.20. The number of furan rings is 1. The maximum atomic E-state index is 5.75. The summed E-state index contributed by atoms with van der Waals surface area (Å²) in [4.78, 5) is 2.27. The predicted octanol–water partition coefficient (Wildman–Crippen LogP) is 2.54. The van der Waals surface area contributed by atoms with E-state index < -0.39 is 0 Å². The molecule has 3 heteroatoms. The molecule has 0 bridgehead atoms. The molecule has 0 unspecified atom stereocenters. The van der Waals surface area contributed by atoms with E-state index in [1.807, 2.05) is 6.92 Å². The Hall–Kier alpha value is -0.800. The normalized spacial score (nSPS) is 11.7. The van der Waals surface area contributed by atoms with Gasteiger partial charge in [0, 0.05) is 18.2 Å². The number of rotatable bonds is 6. The Morgan fingerprint density at radius 2 is 2.12 bits per heavy atom. The molecule has 1 rings (SSSR count). The molecule has 16 heavy (non-hydrogen) atoms. The first kappa shape index (κ1) is 13.3. The Morgan fingerprint density at radius 3 is 2.69 bits per heavy atom. The second kappa shape index (κ2) is 6.06. The van der Waals surface area contributed by atoms with E-state index in [1.54, 1.807) is 0 Å². The average molecular weight is 224 g/mol. The zero-order chi connectivity index (χ0) is 12.1. The third-order valence-corrected chi connectivity index (χ3v) is 2.92. The van der Waals surface area contributed by atoms with Crippen molar-refractivity contribution in [1.82, 2.24) is 10.2 Å². The van der Waals surface area contributed by atoms with Crippen LogP contribution in [0.5, 0.6) is 0 Å². The van der Waals surface area contributed by atoms with E-state index in [2.05, 4.69) is 44.1 Å². The summed E-state index contributed by atoms with van der Waals surface area (Å²) in [5, 5.41) is 3.32. The smallest absolute Gasteiger partial charge is 0.118 e. The second-order valence-corrected chi connectivity index (χ2v) is 4.58. The lowest BCUT2D eigenvalue weighted by atomic mass is 10.2. The molecule has 1 heterocycles. The molecule has 0 atom stereocenters. The van der Waals surface area contributed by atoms with Gasteiger partial charge >= 0.3 is 0 Å². The number of nitrogens with zero attached hydrogens (tertiary/aromatic N) is 1. The molecule has 1 aromatic rings. The van der Waals surface area contributed by atoms with Crippen LogP contribution in [0.15, 0.2) is 10.5 Å². The molecule has 0 saturated heterocycles. The topological polar surface area (TPSA) is 28.4 Å². The van der Waals surface area contributed by atoms with Crippen LogP contribution in [-0.2, 0) is 13.1 Å². The summed E-state index contributed by atoms with van der Waals surface area (Å²) in [5.74, 6) is 2.09. The van der Waals surface area contributed by atoms with Crippen LogP contribution in [-0.4, -0.2) is 24.5 Å². The van der Waals surface area contributed by atoms with E-state index in [-0.39, 0.29) is 0 Å². The molecule has 0 amide bonds. The summed E-state index contributed by atoms with van der Waals surface area (Å²) in [6.45, 7) is 11.3. The van der Waals surface area contributed by atoms with Crippen molar-refractivity contribution in [2.75, 3.05) is 13.6 Å². The SMILES string of the molecule is CCNCc1cc(CN(C)C(C)C)oc1C. The van der Waals surface area contributed by atoms with E-state index in [9.17, 15) is 0 Å². The van der Waals surface area contributed by atoms with Crippen molar-refractivity contribution in [1.29, 1.82) is 0 Å². The summed E-state index contributed by atoms with van der Waals surface area (Å²) >= 11 is 0. The fraction of sp³-hybridized carbons (Fsp3) is 0.692. The maximum absolute atomic E-state index is 5.75. The van der Waals surface area contributed by atoms with Crippen LogP contribution in [0.2, 0.25) is 0 Å². The zero-order valence-electron chi connectivity index (χ0n) is 11.1. The summed E-state index contributed by atoms with van der Waals surface area (Å²) in [7, 11) is 2.12. The second-order valence-electron chi connectivity index (χ2n) is 4.58. The Balaban J connectivity index is 2.61. The molecule has 0 aliphatic heterocycles. The highest BCUT2D eigenvalue weighted by Crippen LogP contribution is 2.16. The van der Waals surface area contributed by atoms with Crippen molar-refractivity contribution in [2.45, 2.75) is 46.8 Å². The lowest BCUT2D eigenvalue weighted by molar-refractivity contribution is 0.242. The molecule has 0 spiro atoms. The van der Waals surface area contributed by atoms with Crippen LogP contribution >= 0.6 is 0 Å². The molecule has 3 nitrogen and oxygen atoms in total. The molecule has 1 aromatic heterocycles. The van der Waals surface area contributed by atoms with Gasteiger partial charge in [-0.05, 0) is 40.4 Å². The van der Waals surface area contributed by atoms with Crippen molar-refractivity contribution < 1.29 is 4.42 Å². The Morgan fingerprint density at radius 1 is 1.44 bits per heavy atom. The van der Waals surface area contributed by atoms with E-state index >= 15 is 0 Å². The molecule has 0 fully saturated rings. The average Bonchev–Trinajstić information content (AvgIpc) is 2.55. The quantitative estimate of drug-likeness (QED) is 0.805. The Bertz CT molecular complexity index is 318. The van der Waals surface area contributed by atoms with Gasteiger partial charge in [0.05, 0.1) is 6.54 Å². The fourth-order valence-electron chi connectivity index (χ4n) is 1.53. The first-order chi connectivity index (χ1) is 7.54. The molecule has 0 saturated carbocycles. The van der Waals surface area contributed by atoms with Gasteiger partial charge in [-0.2, -0.15) is 0 Å². The number of nitrogens with one attached hydrogen (secondary N) is 1. The summed E-state index contributed by atoms with van der Waals surface area (Å²) in [6.07, 6.45) is 0. The number of aryl methyl sites for hydroxylation is 1. The van der Waals surface area contributed by atoms with Crippen LogP contribution in [0.25, 0.3) is 0 Å². The van der Waals surface area contributed by atoms with Crippen LogP contribution in [0.4, 0.5) is 0 Å². The number of hydrogen-bond donors (Lipinski definition) is 1. The van der Waals surface area contributed by atoms with E-state index in [4.69, 9.17) is 4.42 Å². The van der Waals surface area contributed by atoms with E-state index in [0.29, 0.717) is 6.04 Å². The van der Waals surface area contributed by atoms with Gasteiger partial charge in [0.2, 0.25) is 0 Å². The fourth-order valence-corrected chi connectivity index (χ4v) is 1.53. The Kier molecular flexibility index (Phi) is 5.03. The van der Waals surface area contributed by atoms with Crippen molar-refractivity contribution in [3.05, 3.63) is 23.2 Å². The molecular weight excluding hydrogens is 200 g/mol. The largest absolute Gasteiger partial charge is 0.465 e. The standard InChI is InChI=1S/C13H24N2O/c1-6-14-8-12-7-13(16-11(12)4)9-15(5)10(2)3/h7,10,14H,6,8-9H2,1-5H3.